The molecule has 24 heavy (non-hydrogen) atoms. The summed E-state index contributed by atoms with van der Waals surface area (Å²) < 4.78 is 2.06. The first-order chi connectivity index (χ1) is 11.3. The van der Waals surface area contributed by atoms with Crippen LogP contribution in [0, 0.1) is 5.92 Å². The predicted octanol–water partition coefficient (Wildman–Crippen LogP) is 2.51. The fraction of sp³-hybridized carbons (Fsp3) is 0.500. The molecule has 2 N–H and O–H groups in total. The molecule has 0 aliphatic carbocycles. The van der Waals surface area contributed by atoms with Crippen molar-refractivity contribution in [3.63, 3.8) is 0 Å². The number of hydrogen-bond donors (Lipinski definition) is 2. The van der Waals surface area contributed by atoms with Gasteiger partial charge in [0.05, 0.1) is 17.4 Å². The molecule has 130 valence electrons. The van der Waals surface area contributed by atoms with E-state index in [2.05, 4.69) is 34.0 Å². The number of benzene rings is 1. The second-order valence-electron chi connectivity index (χ2n) is 6.72. The van der Waals surface area contributed by atoms with Gasteiger partial charge in [0.2, 0.25) is 5.91 Å². The van der Waals surface area contributed by atoms with Gasteiger partial charge in [0.1, 0.15) is 6.04 Å². The van der Waals surface area contributed by atoms with Crippen LogP contribution in [-0.2, 0) is 4.79 Å². The summed E-state index contributed by atoms with van der Waals surface area (Å²) in [5.41, 5.74) is 2.28. The number of rotatable bonds is 6. The molecule has 1 aromatic carbocycles. The molecule has 1 atom stereocenters. The maximum absolute atomic E-state index is 12.5. The van der Waals surface area contributed by atoms with E-state index in [4.69, 9.17) is 0 Å². The molecule has 2 rings (SSSR count). The average Bonchev–Trinajstić information content (AvgIpc) is 2.96. The van der Waals surface area contributed by atoms with Crippen LogP contribution in [0.15, 0.2) is 24.5 Å². The number of nitrogens with zero attached hydrogens (tertiary/aromatic N) is 2. The van der Waals surface area contributed by atoms with E-state index >= 15 is 0 Å². The van der Waals surface area contributed by atoms with Gasteiger partial charge < -0.3 is 15.2 Å². The lowest BCUT2D eigenvalue weighted by molar-refractivity contribution is -0.122. The van der Waals surface area contributed by atoms with Crippen molar-refractivity contribution in [3.05, 3.63) is 30.1 Å². The molecule has 0 saturated heterocycles. The highest BCUT2D eigenvalue weighted by molar-refractivity contribution is 5.99. The Bertz CT molecular complexity index is 734. The number of imidazole rings is 1. The highest BCUT2D eigenvalue weighted by Crippen LogP contribution is 2.19. The minimum Gasteiger partial charge on any atom is -0.357 e. The summed E-state index contributed by atoms with van der Waals surface area (Å²) in [4.78, 5) is 28.8. The topological polar surface area (TPSA) is 76.0 Å². The lowest BCUT2D eigenvalue weighted by Crippen LogP contribution is -2.46. The second-order valence-corrected chi connectivity index (χ2v) is 6.72. The SMILES string of the molecule is CNC(=O)[C@@H](CC(C)C)NC(=O)c1ccc2c(c1)ncn2C(C)C. The Balaban J connectivity index is 2.22. The first-order valence-corrected chi connectivity index (χ1v) is 8.32. The molecule has 6 nitrogen and oxygen atoms in total. The van der Waals surface area contributed by atoms with Crippen molar-refractivity contribution in [3.8, 4) is 0 Å². The van der Waals surface area contributed by atoms with Crippen molar-refractivity contribution in [1.29, 1.82) is 0 Å². The maximum Gasteiger partial charge on any atom is 0.252 e. The number of hydrogen-bond acceptors (Lipinski definition) is 3. The van der Waals surface area contributed by atoms with Crippen molar-refractivity contribution in [2.45, 2.75) is 46.2 Å². The van der Waals surface area contributed by atoms with Crippen LogP contribution in [0.5, 0.6) is 0 Å². The number of aromatic nitrogens is 2. The summed E-state index contributed by atoms with van der Waals surface area (Å²) in [5.74, 6) is -0.135. The summed E-state index contributed by atoms with van der Waals surface area (Å²) >= 11 is 0. The normalized spacial score (nSPS) is 12.6. The molecule has 0 spiro atoms. The Labute approximate surface area is 142 Å². The van der Waals surface area contributed by atoms with Crippen molar-refractivity contribution in [1.82, 2.24) is 20.2 Å². The molecule has 1 aromatic heterocycles. The van der Waals surface area contributed by atoms with E-state index in [-0.39, 0.29) is 11.8 Å². The highest BCUT2D eigenvalue weighted by Gasteiger charge is 2.21. The number of carbonyl (C=O) groups excluding carboxylic acids is 2. The van der Waals surface area contributed by atoms with Crippen molar-refractivity contribution in [2.75, 3.05) is 7.05 Å². The van der Waals surface area contributed by atoms with Gasteiger partial charge in [0.25, 0.3) is 5.91 Å². The van der Waals surface area contributed by atoms with Gasteiger partial charge in [0.15, 0.2) is 0 Å². The van der Waals surface area contributed by atoms with E-state index in [0.29, 0.717) is 23.9 Å². The quantitative estimate of drug-likeness (QED) is 0.854. The van der Waals surface area contributed by atoms with Crippen molar-refractivity contribution in [2.24, 2.45) is 5.92 Å². The second kappa shape index (κ2) is 7.47. The molecule has 0 fully saturated rings. The smallest absolute Gasteiger partial charge is 0.252 e. The summed E-state index contributed by atoms with van der Waals surface area (Å²) in [6.07, 6.45) is 2.37. The molecule has 1 heterocycles. The minimum atomic E-state index is -0.536. The van der Waals surface area contributed by atoms with Crippen LogP contribution in [-0.4, -0.2) is 34.5 Å². The summed E-state index contributed by atoms with van der Waals surface area (Å²) in [7, 11) is 1.58. The maximum atomic E-state index is 12.5. The highest BCUT2D eigenvalue weighted by atomic mass is 16.2. The van der Waals surface area contributed by atoms with Crippen LogP contribution >= 0.6 is 0 Å². The summed E-state index contributed by atoms with van der Waals surface area (Å²) in [6.45, 7) is 8.21. The van der Waals surface area contributed by atoms with Gasteiger partial charge in [-0.25, -0.2) is 4.98 Å². The van der Waals surface area contributed by atoms with Crippen LogP contribution in [0.25, 0.3) is 11.0 Å². The largest absolute Gasteiger partial charge is 0.357 e. The zero-order chi connectivity index (χ0) is 17.9. The van der Waals surface area contributed by atoms with Gasteiger partial charge in [-0.2, -0.15) is 0 Å². The number of nitrogens with one attached hydrogen (secondary N) is 2. The molecule has 2 aromatic rings. The monoisotopic (exact) mass is 330 g/mol. The number of likely N-dealkylation sites (N-methyl/N-ethyl adjacent to an activating group) is 1. The van der Waals surface area contributed by atoms with Crippen molar-refractivity contribution < 1.29 is 9.59 Å². The molecule has 0 aliphatic heterocycles. The Morgan fingerprint density at radius 3 is 2.50 bits per heavy atom. The Morgan fingerprint density at radius 1 is 1.21 bits per heavy atom. The molecule has 0 aliphatic rings. The summed E-state index contributed by atoms with van der Waals surface area (Å²) in [6, 6.07) is 5.20. The Kier molecular flexibility index (Phi) is 5.59. The predicted molar refractivity (Wildman–Crippen MR) is 94.9 cm³/mol. The van der Waals surface area contributed by atoms with E-state index in [1.54, 1.807) is 25.5 Å². The van der Waals surface area contributed by atoms with Crippen LogP contribution < -0.4 is 10.6 Å². The molecular formula is C18H26N4O2. The number of carbonyl (C=O) groups is 2. The fourth-order valence-corrected chi connectivity index (χ4v) is 2.70. The molecule has 0 bridgehead atoms. The third kappa shape index (κ3) is 3.93. The Morgan fingerprint density at radius 2 is 1.92 bits per heavy atom. The number of amides is 2. The van der Waals surface area contributed by atoms with Crippen LogP contribution in [0.4, 0.5) is 0 Å². The van der Waals surface area contributed by atoms with Crippen molar-refractivity contribution >= 4 is 22.8 Å². The lowest BCUT2D eigenvalue weighted by Gasteiger charge is -2.19. The van der Waals surface area contributed by atoms with Gasteiger partial charge in [-0.15, -0.1) is 0 Å². The zero-order valence-electron chi connectivity index (χ0n) is 15.0. The molecule has 0 radical (unpaired) electrons. The van der Waals surface area contributed by atoms with Crippen LogP contribution in [0.3, 0.4) is 0 Å². The van der Waals surface area contributed by atoms with Gasteiger partial charge in [0, 0.05) is 18.7 Å². The van der Waals surface area contributed by atoms with Gasteiger partial charge >= 0.3 is 0 Å². The van der Waals surface area contributed by atoms with E-state index in [1.807, 2.05) is 19.9 Å². The molecule has 0 unspecified atom stereocenters. The first-order valence-electron chi connectivity index (χ1n) is 8.32. The summed E-state index contributed by atoms with van der Waals surface area (Å²) in [5, 5.41) is 5.43. The number of fused-ring (bicyclic) bond motifs is 1. The van der Waals surface area contributed by atoms with Crippen LogP contribution in [0.1, 0.15) is 50.5 Å². The fourth-order valence-electron chi connectivity index (χ4n) is 2.70. The van der Waals surface area contributed by atoms with Gasteiger partial charge in [-0.3, -0.25) is 9.59 Å². The van der Waals surface area contributed by atoms with Crippen LogP contribution in [0.2, 0.25) is 0 Å². The van der Waals surface area contributed by atoms with E-state index in [9.17, 15) is 9.59 Å². The van der Waals surface area contributed by atoms with E-state index < -0.39 is 6.04 Å². The van der Waals surface area contributed by atoms with E-state index in [1.165, 1.54) is 0 Å². The standard InChI is InChI=1S/C18H26N4O2/c1-11(2)8-15(18(24)19-5)21-17(23)13-6-7-16-14(9-13)20-10-22(16)12(3)4/h6-7,9-12,15H,8H2,1-5H3,(H,19,24)(H,21,23)/t15-/m1/s1. The average molecular weight is 330 g/mol. The molecular weight excluding hydrogens is 304 g/mol. The molecule has 6 heteroatoms. The zero-order valence-corrected chi connectivity index (χ0v) is 15.0. The third-order valence-corrected chi connectivity index (χ3v) is 3.97. The first kappa shape index (κ1) is 18.0. The molecule has 0 saturated carbocycles. The van der Waals surface area contributed by atoms with Gasteiger partial charge in [-0.1, -0.05) is 13.8 Å². The third-order valence-electron chi connectivity index (χ3n) is 3.97. The van der Waals surface area contributed by atoms with Gasteiger partial charge in [-0.05, 0) is 44.4 Å². The lowest BCUT2D eigenvalue weighted by atomic mass is 10.0. The molecule has 2 amide bonds. The van der Waals surface area contributed by atoms with E-state index in [0.717, 1.165) is 11.0 Å². The minimum absolute atomic E-state index is 0.179. The Hall–Kier alpha value is -2.37.